The highest BCUT2D eigenvalue weighted by atomic mass is 16.1. The molecule has 1 heterocycles. The van der Waals surface area contributed by atoms with E-state index < -0.39 is 5.54 Å². The molecule has 3 N–H and O–H groups in total. The van der Waals surface area contributed by atoms with Crippen LogP contribution in [0.25, 0.3) is 0 Å². The standard InChI is InChI=1S/C13H28N4O/c1-4-15-13(2,12(14)18)6-5-7-17-10-8-16(3)9-11-17/h15H,4-11H2,1-3H3,(H2,14,18). The lowest BCUT2D eigenvalue weighted by molar-refractivity contribution is -0.124. The lowest BCUT2D eigenvalue weighted by Gasteiger charge is -2.33. The summed E-state index contributed by atoms with van der Waals surface area (Å²) in [5.74, 6) is -0.247. The van der Waals surface area contributed by atoms with Gasteiger partial charge in [-0.25, -0.2) is 0 Å². The van der Waals surface area contributed by atoms with E-state index in [0.717, 1.165) is 52.1 Å². The van der Waals surface area contributed by atoms with Gasteiger partial charge in [-0.1, -0.05) is 6.92 Å². The summed E-state index contributed by atoms with van der Waals surface area (Å²) in [5, 5.41) is 3.20. The molecule has 1 aliphatic heterocycles. The zero-order valence-electron chi connectivity index (χ0n) is 12.0. The van der Waals surface area contributed by atoms with Gasteiger partial charge in [0.15, 0.2) is 0 Å². The van der Waals surface area contributed by atoms with Crippen molar-refractivity contribution in [2.45, 2.75) is 32.2 Å². The van der Waals surface area contributed by atoms with Crippen molar-refractivity contribution in [2.75, 3.05) is 46.3 Å². The summed E-state index contributed by atoms with van der Waals surface area (Å²) >= 11 is 0. The van der Waals surface area contributed by atoms with E-state index in [1.165, 1.54) is 0 Å². The maximum atomic E-state index is 11.5. The van der Waals surface area contributed by atoms with Crippen molar-refractivity contribution < 1.29 is 4.79 Å². The lowest BCUT2D eigenvalue weighted by atomic mass is 9.94. The molecule has 1 atom stereocenters. The Hall–Kier alpha value is -0.650. The number of carbonyl (C=O) groups is 1. The Morgan fingerprint density at radius 3 is 2.44 bits per heavy atom. The van der Waals surface area contributed by atoms with Crippen LogP contribution in [0.1, 0.15) is 26.7 Å². The van der Waals surface area contributed by atoms with Gasteiger partial charge in [-0.15, -0.1) is 0 Å². The van der Waals surface area contributed by atoms with Gasteiger partial charge in [0.2, 0.25) is 5.91 Å². The fourth-order valence-electron chi connectivity index (χ4n) is 2.42. The Labute approximate surface area is 111 Å². The Morgan fingerprint density at radius 1 is 1.33 bits per heavy atom. The van der Waals surface area contributed by atoms with Crippen molar-refractivity contribution in [2.24, 2.45) is 5.73 Å². The minimum Gasteiger partial charge on any atom is -0.368 e. The van der Waals surface area contributed by atoms with E-state index in [0.29, 0.717) is 0 Å². The molecule has 106 valence electrons. The van der Waals surface area contributed by atoms with Crippen LogP contribution < -0.4 is 11.1 Å². The fraction of sp³-hybridized carbons (Fsp3) is 0.923. The van der Waals surface area contributed by atoms with Crippen LogP contribution in [-0.4, -0.2) is 67.6 Å². The van der Waals surface area contributed by atoms with E-state index in [9.17, 15) is 4.79 Å². The van der Waals surface area contributed by atoms with Crippen molar-refractivity contribution in [3.8, 4) is 0 Å². The molecule has 1 amide bonds. The smallest absolute Gasteiger partial charge is 0.237 e. The first kappa shape index (κ1) is 15.4. The van der Waals surface area contributed by atoms with Gasteiger partial charge in [-0.3, -0.25) is 4.79 Å². The molecule has 0 aromatic carbocycles. The SMILES string of the molecule is CCNC(C)(CCCN1CCN(C)CC1)C(N)=O. The van der Waals surface area contributed by atoms with E-state index in [2.05, 4.69) is 22.2 Å². The monoisotopic (exact) mass is 256 g/mol. The Bertz CT molecular complexity index is 264. The summed E-state index contributed by atoms with van der Waals surface area (Å²) in [4.78, 5) is 16.3. The molecule has 1 rings (SSSR count). The Morgan fingerprint density at radius 2 is 1.94 bits per heavy atom. The summed E-state index contributed by atoms with van der Waals surface area (Å²) in [6.07, 6.45) is 1.82. The zero-order chi connectivity index (χ0) is 13.6. The number of nitrogens with two attached hydrogens (primary N) is 1. The molecule has 0 radical (unpaired) electrons. The first-order chi connectivity index (χ1) is 8.48. The maximum absolute atomic E-state index is 11.5. The Kier molecular flexibility index (Phi) is 6.05. The quantitative estimate of drug-likeness (QED) is 0.666. The van der Waals surface area contributed by atoms with Crippen LogP contribution in [0.3, 0.4) is 0 Å². The summed E-state index contributed by atoms with van der Waals surface area (Å²) in [5.41, 5.74) is 4.92. The molecule has 0 aromatic heterocycles. The highest BCUT2D eigenvalue weighted by molar-refractivity contribution is 5.84. The van der Waals surface area contributed by atoms with Crippen LogP contribution in [0.4, 0.5) is 0 Å². The Balaban J connectivity index is 2.28. The normalized spacial score (nSPS) is 21.7. The number of nitrogens with zero attached hydrogens (tertiary/aromatic N) is 2. The number of carbonyl (C=O) groups excluding carboxylic acids is 1. The molecule has 0 aliphatic carbocycles. The molecule has 0 spiro atoms. The predicted octanol–water partition coefficient (Wildman–Crippen LogP) is -0.132. The molecule has 5 heteroatoms. The van der Waals surface area contributed by atoms with Gasteiger partial charge in [0.05, 0.1) is 5.54 Å². The van der Waals surface area contributed by atoms with Crippen molar-refractivity contribution >= 4 is 5.91 Å². The molecule has 1 fully saturated rings. The van der Waals surface area contributed by atoms with Crippen LogP contribution in [0.5, 0.6) is 0 Å². The molecule has 5 nitrogen and oxygen atoms in total. The van der Waals surface area contributed by atoms with Crippen LogP contribution in [-0.2, 0) is 4.79 Å². The minimum absolute atomic E-state index is 0.247. The molecule has 18 heavy (non-hydrogen) atoms. The third-order valence-corrected chi connectivity index (χ3v) is 3.86. The highest BCUT2D eigenvalue weighted by Gasteiger charge is 2.29. The van der Waals surface area contributed by atoms with E-state index in [1.54, 1.807) is 0 Å². The van der Waals surface area contributed by atoms with Crippen LogP contribution in [0, 0.1) is 0 Å². The number of likely N-dealkylation sites (N-methyl/N-ethyl adjacent to an activating group) is 2. The number of rotatable bonds is 7. The summed E-state index contributed by atoms with van der Waals surface area (Å²) in [6.45, 7) is 10.3. The van der Waals surface area contributed by atoms with Gasteiger partial charge in [-0.05, 0) is 39.9 Å². The molecule has 1 saturated heterocycles. The number of primary amides is 1. The van der Waals surface area contributed by atoms with Gasteiger partial charge in [-0.2, -0.15) is 0 Å². The number of nitrogens with one attached hydrogen (secondary N) is 1. The second-order valence-electron chi connectivity index (χ2n) is 5.48. The number of amides is 1. The predicted molar refractivity (Wildman–Crippen MR) is 74.4 cm³/mol. The van der Waals surface area contributed by atoms with Crippen molar-refractivity contribution in [1.29, 1.82) is 0 Å². The van der Waals surface area contributed by atoms with Crippen LogP contribution in [0.15, 0.2) is 0 Å². The van der Waals surface area contributed by atoms with E-state index >= 15 is 0 Å². The third kappa shape index (κ3) is 4.55. The van der Waals surface area contributed by atoms with Crippen molar-refractivity contribution in [3.05, 3.63) is 0 Å². The summed E-state index contributed by atoms with van der Waals surface area (Å²) in [6, 6.07) is 0. The van der Waals surface area contributed by atoms with Gasteiger partial charge >= 0.3 is 0 Å². The topological polar surface area (TPSA) is 61.6 Å². The molecular formula is C13H28N4O. The van der Waals surface area contributed by atoms with Crippen molar-refractivity contribution in [3.63, 3.8) is 0 Å². The highest BCUT2D eigenvalue weighted by Crippen LogP contribution is 2.13. The van der Waals surface area contributed by atoms with Gasteiger partial charge < -0.3 is 20.9 Å². The third-order valence-electron chi connectivity index (χ3n) is 3.86. The first-order valence-electron chi connectivity index (χ1n) is 6.94. The summed E-state index contributed by atoms with van der Waals surface area (Å²) < 4.78 is 0. The molecule has 0 aromatic rings. The van der Waals surface area contributed by atoms with Gasteiger partial charge in [0.25, 0.3) is 0 Å². The lowest BCUT2D eigenvalue weighted by Crippen LogP contribution is -2.53. The van der Waals surface area contributed by atoms with E-state index in [4.69, 9.17) is 5.73 Å². The van der Waals surface area contributed by atoms with Gasteiger partial charge in [0, 0.05) is 26.2 Å². The number of hydrogen-bond donors (Lipinski definition) is 2. The minimum atomic E-state index is -0.554. The second kappa shape index (κ2) is 7.07. The summed E-state index contributed by atoms with van der Waals surface area (Å²) in [7, 11) is 2.16. The zero-order valence-corrected chi connectivity index (χ0v) is 12.0. The van der Waals surface area contributed by atoms with E-state index in [1.807, 2.05) is 13.8 Å². The number of piperazine rings is 1. The number of hydrogen-bond acceptors (Lipinski definition) is 4. The van der Waals surface area contributed by atoms with Crippen molar-refractivity contribution in [1.82, 2.24) is 15.1 Å². The maximum Gasteiger partial charge on any atom is 0.237 e. The van der Waals surface area contributed by atoms with Crippen LogP contribution >= 0.6 is 0 Å². The molecule has 1 unspecified atom stereocenters. The molecule has 0 saturated carbocycles. The second-order valence-corrected chi connectivity index (χ2v) is 5.48. The van der Waals surface area contributed by atoms with Gasteiger partial charge in [0.1, 0.15) is 0 Å². The van der Waals surface area contributed by atoms with Crippen LogP contribution in [0.2, 0.25) is 0 Å². The average molecular weight is 256 g/mol. The fourth-order valence-corrected chi connectivity index (χ4v) is 2.42. The van der Waals surface area contributed by atoms with E-state index in [-0.39, 0.29) is 5.91 Å². The molecule has 0 bridgehead atoms. The average Bonchev–Trinajstić information content (AvgIpc) is 2.32. The molecule has 1 aliphatic rings. The molecular weight excluding hydrogens is 228 g/mol. The largest absolute Gasteiger partial charge is 0.368 e. The first-order valence-corrected chi connectivity index (χ1v) is 6.94.